The third-order valence-corrected chi connectivity index (χ3v) is 6.08. The summed E-state index contributed by atoms with van der Waals surface area (Å²) >= 11 is 0. The zero-order valence-electron chi connectivity index (χ0n) is 17.9. The van der Waals surface area contributed by atoms with E-state index in [4.69, 9.17) is 24.6 Å². The molecule has 3 aromatic rings. The summed E-state index contributed by atoms with van der Waals surface area (Å²) in [4.78, 5) is 11.0. The van der Waals surface area contributed by atoms with E-state index in [1.165, 1.54) is 24.3 Å². The summed E-state index contributed by atoms with van der Waals surface area (Å²) in [6, 6.07) is 13.6. The fourth-order valence-electron chi connectivity index (χ4n) is 4.50. The van der Waals surface area contributed by atoms with Gasteiger partial charge in [0.15, 0.2) is 11.6 Å². The third-order valence-electron chi connectivity index (χ3n) is 6.08. The highest BCUT2D eigenvalue weighted by Gasteiger charge is 2.32. The van der Waals surface area contributed by atoms with Crippen molar-refractivity contribution in [3.05, 3.63) is 82.4 Å². The zero-order valence-corrected chi connectivity index (χ0v) is 17.9. The van der Waals surface area contributed by atoms with Crippen molar-refractivity contribution in [1.29, 1.82) is 5.26 Å². The molecule has 0 aromatic heterocycles. The molecular formula is C26H19F2NO5. The van der Waals surface area contributed by atoms with Gasteiger partial charge in [-0.3, -0.25) is 4.79 Å². The Morgan fingerprint density at radius 3 is 2.74 bits per heavy atom. The number of aliphatic carboxylic acids is 1. The van der Waals surface area contributed by atoms with Crippen molar-refractivity contribution in [1.82, 2.24) is 0 Å². The van der Waals surface area contributed by atoms with Crippen LogP contribution in [0.1, 0.15) is 47.1 Å². The van der Waals surface area contributed by atoms with Gasteiger partial charge in [-0.2, -0.15) is 5.26 Å². The summed E-state index contributed by atoms with van der Waals surface area (Å²) in [7, 11) is 0. The second-order valence-electron chi connectivity index (χ2n) is 8.25. The van der Waals surface area contributed by atoms with Gasteiger partial charge in [0.25, 0.3) is 0 Å². The lowest BCUT2D eigenvalue weighted by atomic mass is 9.98. The van der Waals surface area contributed by atoms with E-state index >= 15 is 0 Å². The van der Waals surface area contributed by atoms with Crippen molar-refractivity contribution in [3.63, 3.8) is 0 Å². The SMILES string of the molecule is N#Cc1ccc(F)c(Oc2ccc(F)c3c2CC[C@H]3Oc2ccc3c(c2)OC[C@H]3CC(=O)O)c1. The van der Waals surface area contributed by atoms with Gasteiger partial charge < -0.3 is 19.3 Å². The van der Waals surface area contributed by atoms with Gasteiger partial charge in [-0.15, -0.1) is 0 Å². The molecule has 0 saturated carbocycles. The topological polar surface area (TPSA) is 88.8 Å². The first-order valence-corrected chi connectivity index (χ1v) is 10.8. The summed E-state index contributed by atoms with van der Waals surface area (Å²) in [5.41, 5.74) is 2.00. The molecule has 2 atom stereocenters. The third kappa shape index (κ3) is 4.01. The molecule has 0 spiro atoms. The smallest absolute Gasteiger partial charge is 0.304 e. The number of hydrogen-bond donors (Lipinski definition) is 1. The average molecular weight is 463 g/mol. The molecule has 1 heterocycles. The van der Waals surface area contributed by atoms with Crippen LogP contribution in [0.15, 0.2) is 48.5 Å². The van der Waals surface area contributed by atoms with Gasteiger partial charge in [0.2, 0.25) is 0 Å². The summed E-state index contributed by atoms with van der Waals surface area (Å²) in [6.45, 7) is 0.288. The molecule has 0 radical (unpaired) electrons. The van der Waals surface area contributed by atoms with E-state index in [1.54, 1.807) is 18.2 Å². The fraction of sp³-hybridized carbons (Fsp3) is 0.231. The first-order valence-electron chi connectivity index (χ1n) is 10.8. The highest BCUT2D eigenvalue weighted by Crippen LogP contribution is 2.44. The van der Waals surface area contributed by atoms with Crippen molar-refractivity contribution >= 4 is 5.97 Å². The van der Waals surface area contributed by atoms with E-state index in [-0.39, 0.29) is 30.3 Å². The Morgan fingerprint density at radius 2 is 1.94 bits per heavy atom. The van der Waals surface area contributed by atoms with Crippen molar-refractivity contribution in [3.8, 4) is 29.1 Å². The maximum absolute atomic E-state index is 14.8. The number of ether oxygens (including phenoxy) is 3. The van der Waals surface area contributed by atoms with E-state index < -0.39 is 23.7 Å². The molecular weight excluding hydrogens is 444 g/mol. The molecule has 6 nitrogen and oxygen atoms in total. The van der Waals surface area contributed by atoms with E-state index in [2.05, 4.69) is 0 Å². The predicted octanol–water partition coefficient (Wildman–Crippen LogP) is 5.65. The van der Waals surface area contributed by atoms with Gasteiger partial charge in [-0.05, 0) is 43.2 Å². The van der Waals surface area contributed by atoms with Crippen LogP contribution < -0.4 is 14.2 Å². The number of carbonyl (C=O) groups is 1. The van der Waals surface area contributed by atoms with Crippen LogP contribution in [0.2, 0.25) is 0 Å². The Bertz CT molecular complexity index is 1330. The van der Waals surface area contributed by atoms with Crippen LogP contribution >= 0.6 is 0 Å². The van der Waals surface area contributed by atoms with Crippen molar-refractivity contribution < 1.29 is 32.9 Å². The lowest BCUT2D eigenvalue weighted by Crippen LogP contribution is -2.07. The fourth-order valence-corrected chi connectivity index (χ4v) is 4.50. The Kier molecular flexibility index (Phi) is 5.54. The molecule has 2 aliphatic rings. The summed E-state index contributed by atoms with van der Waals surface area (Å²) in [6.07, 6.45) is 0.361. The highest BCUT2D eigenvalue weighted by molar-refractivity contribution is 5.68. The molecule has 1 aliphatic carbocycles. The molecule has 0 saturated heterocycles. The largest absolute Gasteiger partial charge is 0.492 e. The van der Waals surface area contributed by atoms with Crippen molar-refractivity contribution in [2.45, 2.75) is 31.3 Å². The van der Waals surface area contributed by atoms with Crippen molar-refractivity contribution in [2.24, 2.45) is 0 Å². The van der Waals surface area contributed by atoms with Crippen LogP contribution in [-0.4, -0.2) is 17.7 Å². The van der Waals surface area contributed by atoms with Crippen LogP contribution in [0.5, 0.6) is 23.0 Å². The monoisotopic (exact) mass is 463 g/mol. The van der Waals surface area contributed by atoms with Gasteiger partial charge in [-0.1, -0.05) is 6.07 Å². The molecule has 172 valence electrons. The number of fused-ring (bicyclic) bond motifs is 2. The number of benzene rings is 3. The molecule has 0 bridgehead atoms. The minimum absolute atomic E-state index is 0.0188. The first-order chi connectivity index (χ1) is 16.4. The molecule has 34 heavy (non-hydrogen) atoms. The number of nitriles is 1. The van der Waals surface area contributed by atoms with Crippen LogP contribution in [0.3, 0.4) is 0 Å². The molecule has 3 aromatic carbocycles. The van der Waals surface area contributed by atoms with Gasteiger partial charge in [-0.25, -0.2) is 8.78 Å². The molecule has 0 amide bonds. The summed E-state index contributed by atoms with van der Waals surface area (Å²) < 4.78 is 46.5. The number of nitrogens with zero attached hydrogens (tertiary/aromatic N) is 1. The Hall–Kier alpha value is -4.12. The van der Waals surface area contributed by atoms with E-state index in [1.807, 2.05) is 6.07 Å². The van der Waals surface area contributed by atoms with Gasteiger partial charge in [0.05, 0.1) is 24.7 Å². The van der Waals surface area contributed by atoms with Crippen LogP contribution in [0, 0.1) is 23.0 Å². The first kappa shape index (κ1) is 21.7. The number of carboxylic acid groups (broad SMARTS) is 1. The standard InChI is InChI=1S/C26H19F2NO5/c27-19-5-1-14(12-29)9-24(19)34-21-8-6-20(28)26-18(21)4-7-22(26)33-16-2-3-17-15(10-25(30)31)13-32-23(17)11-16/h1-3,5-6,8-9,11,15,22H,4,7,10,13H2,(H,30,31)/t15-,22-/m1/s1. The minimum Gasteiger partial charge on any atom is -0.492 e. The maximum Gasteiger partial charge on any atom is 0.304 e. The average Bonchev–Trinajstić information content (AvgIpc) is 3.41. The Balaban J connectivity index is 1.39. The predicted molar refractivity (Wildman–Crippen MR) is 116 cm³/mol. The second-order valence-corrected chi connectivity index (χ2v) is 8.25. The number of halogens is 2. The quantitative estimate of drug-likeness (QED) is 0.509. The van der Waals surface area contributed by atoms with Gasteiger partial charge >= 0.3 is 5.97 Å². The molecule has 5 rings (SSSR count). The number of carboxylic acids is 1. The maximum atomic E-state index is 14.8. The summed E-state index contributed by atoms with van der Waals surface area (Å²) in [5.74, 6) is -0.937. The highest BCUT2D eigenvalue weighted by atomic mass is 19.1. The summed E-state index contributed by atoms with van der Waals surface area (Å²) in [5, 5.41) is 18.1. The van der Waals surface area contributed by atoms with E-state index in [9.17, 15) is 13.6 Å². The lowest BCUT2D eigenvalue weighted by molar-refractivity contribution is -0.137. The van der Waals surface area contributed by atoms with E-state index in [0.717, 1.165) is 11.6 Å². The minimum atomic E-state index is -0.892. The van der Waals surface area contributed by atoms with Gasteiger partial charge in [0.1, 0.15) is 29.2 Å². The molecule has 1 N–H and O–H groups in total. The Morgan fingerprint density at radius 1 is 1.12 bits per heavy atom. The Labute approximate surface area is 193 Å². The number of rotatable bonds is 6. The molecule has 8 heteroatoms. The molecule has 0 unspecified atom stereocenters. The molecule has 0 fully saturated rings. The van der Waals surface area contributed by atoms with Crippen molar-refractivity contribution in [2.75, 3.05) is 6.61 Å². The van der Waals surface area contributed by atoms with Crippen LogP contribution in [0.25, 0.3) is 0 Å². The second kappa shape index (κ2) is 8.67. The van der Waals surface area contributed by atoms with Crippen LogP contribution in [0.4, 0.5) is 8.78 Å². The van der Waals surface area contributed by atoms with Crippen LogP contribution in [-0.2, 0) is 11.2 Å². The molecule has 1 aliphatic heterocycles. The van der Waals surface area contributed by atoms with E-state index in [0.29, 0.717) is 41.2 Å². The number of hydrogen-bond acceptors (Lipinski definition) is 5. The normalized spacial score (nSPS) is 17.9. The van der Waals surface area contributed by atoms with Gasteiger partial charge in [0, 0.05) is 34.7 Å². The zero-order chi connectivity index (χ0) is 23.8. The lowest BCUT2D eigenvalue weighted by Gasteiger charge is -2.17.